The van der Waals surface area contributed by atoms with E-state index < -0.39 is 0 Å². The number of nitrogens with zero attached hydrogens (tertiary/aromatic N) is 3. The number of rotatable bonds is 7. The van der Waals surface area contributed by atoms with Crippen molar-refractivity contribution in [1.29, 1.82) is 0 Å². The van der Waals surface area contributed by atoms with E-state index in [1.165, 1.54) is 11.3 Å². The lowest BCUT2D eigenvalue weighted by Gasteiger charge is -2.22. The molecule has 2 heterocycles. The highest BCUT2D eigenvalue weighted by Gasteiger charge is 2.06. The van der Waals surface area contributed by atoms with E-state index in [1.807, 2.05) is 52.8 Å². The Morgan fingerprint density at radius 2 is 1.72 bits per heavy atom. The molecule has 0 aliphatic heterocycles. The predicted octanol–water partition coefficient (Wildman–Crippen LogP) is 3.31. The molecule has 0 amide bonds. The fraction of sp³-hybridized carbons (Fsp3) is 0.222. The fourth-order valence-electron chi connectivity index (χ4n) is 2.49. The van der Waals surface area contributed by atoms with E-state index in [4.69, 9.17) is 21.8 Å². The molecule has 0 fully saturated rings. The van der Waals surface area contributed by atoms with Crippen LogP contribution in [-0.2, 0) is 0 Å². The van der Waals surface area contributed by atoms with Gasteiger partial charge in [-0.1, -0.05) is 29.8 Å². The van der Waals surface area contributed by atoms with Gasteiger partial charge in [0.15, 0.2) is 5.82 Å². The van der Waals surface area contributed by atoms with Crippen LogP contribution in [0.25, 0.3) is 22.4 Å². The maximum Gasteiger partial charge on any atom is 0.155 e. The van der Waals surface area contributed by atoms with E-state index in [1.54, 1.807) is 0 Å². The molecule has 0 bridgehead atoms. The van der Waals surface area contributed by atoms with Crippen molar-refractivity contribution < 1.29 is 10.2 Å². The molecule has 5 nitrogen and oxygen atoms in total. The number of fused-ring (bicyclic) bond motifs is 1. The van der Waals surface area contributed by atoms with Crippen molar-refractivity contribution in [3.63, 3.8) is 0 Å². The van der Waals surface area contributed by atoms with Gasteiger partial charge in [-0.25, -0.2) is 9.97 Å². The first-order chi connectivity index (χ1) is 12.2. The Morgan fingerprint density at radius 1 is 1.00 bits per heavy atom. The molecule has 0 spiro atoms. The smallest absolute Gasteiger partial charge is 0.155 e. The summed E-state index contributed by atoms with van der Waals surface area (Å²) in [6.07, 6.45) is 3.76. The van der Waals surface area contributed by atoms with Crippen LogP contribution in [0.3, 0.4) is 0 Å². The Bertz CT molecular complexity index is 858. The minimum atomic E-state index is 0.0466. The van der Waals surface area contributed by atoms with Crippen LogP contribution in [0.5, 0.6) is 0 Å². The molecule has 130 valence electrons. The van der Waals surface area contributed by atoms with Crippen molar-refractivity contribution in [2.45, 2.75) is 0 Å². The molecule has 25 heavy (non-hydrogen) atoms. The van der Waals surface area contributed by atoms with Gasteiger partial charge in [0.05, 0.1) is 13.2 Å². The van der Waals surface area contributed by atoms with Crippen LogP contribution in [0.2, 0.25) is 5.15 Å². The van der Waals surface area contributed by atoms with Crippen LogP contribution >= 0.6 is 22.9 Å². The van der Waals surface area contributed by atoms with Crippen LogP contribution in [0, 0.1) is 0 Å². The second-order valence-corrected chi connectivity index (χ2v) is 6.62. The molecule has 0 unspecified atom stereocenters. The number of benzene rings is 1. The van der Waals surface area contributed by atoms with E-state index in [0.29, 0.717) is 24.1 Å². The topological polar surface area (TPSA) is 69.5 Å². The third-order valence-electron chi connectivity index (χ3n) is 3.72. The first-order valence-electron chi connectivity index (χ1n) is 7.87. The Labute approximate surface area is 154 Å². The summed E-state index contributed by atoms with van der Waals surface area (Å²) < 4.78 is 0. The van der Waals surface area contributed by atoms with E-state index in [0.717, 1.165) is 21.5 Å². The van der Waals surface area contributed by atoms with Crippen molar-refractivity contribution in [1.82, 2.24) is 9.97 Å². The maximum absolute atomic E-state index is 9.11. The van der Waals surface area contributed by atoms with Gasteiger partial charge in [-0.05, 0) is 35.2 Å². The molecule has 0 radical (unpaired) electrons. The number of anilines is 1. The Balaban J connectivity index is 1.76. The average Bonchev–Trinajstić information content (AvgIpc) is 3.09. The highest BCUT2D eigenvalue weighted by atomic mass is 35.5. The molecule has 0 atom stereocenters. The lowest BCUT2D eigenvalue weighted by Crippen LogP contribution is -2.29. The number of aromatic nitrogens is 2. The summed E-state index contributed by atoms with van der Waals surface area (Å²) in [6.45, 7) is 1.07. The summed E-state index contributed by atoms with van der Waals surface area (Å²) in [7, 11) is 0. The maximum atomic E-state index is 9.11. The van der Waals surface area contributed by atoms with Gasteiger partial charge in [0.2, 0.25) is 0 Å². The zero-order chi connectivity index (χ0) is 17.6. The summed E-state index contributed by atoms with van der Waals surface area (Å²) in [5.41, 5.74) is 1.96. The predicted molar refractivity (Wildman–Crippen MR) is 104 cm³/mol. The minimum absolute atomic E-state index is 0.0466. The molecule has 3 rings (SSSR count). The summed E-state index contributed by atoms with van der Waals surface area (Å²) in [5, 5.41) is 21.5. The van der Waals surface area contributed by atoms with E-state index in [9.17, 15) is 0 Å². The van der Waals surface area contributed by atoms with Gasteiger partial charge in [-0.3, -0.25) is 0 Å². The Morgan fingerprint density at radius 3 is 2.40 bits per heavy atom. The fourth-order valence-corrected chi connectivity index (χ4v) is 3.55. The molecule has 0 aliphatic rings. The van der Waals surface area contributed by atoms with Crippen molar-refractivity contribution in [3.05, 3.63) is 52.3 Å². The molecule has 2 N–H and O–H groups in total. The number of aliphatic hydroxyl groups is 2. The van der Waals surface area contributed by atoms with E-state index in [2.05, 4.69) is 9.97 Å². The second-order valence-electron chi connectivity index (χ2n) is 5.37. The second kappa shape index (κ2) is 8.40. The van der Waals surface area contributed by atoms with Gasteiger partial charge >= 0.3 is 0 Å². The molecule has 1 aromatic carbocycles. The number of aliphatic hydroxyl groups excluding tert-OH is 2. The average molecular weight is 376 g/mol. The van der Waals surface area contributed by atoms with E-state index in [-0.39, 0.29) is 13.2 Å². The Hall–Kier alpha value is -1.99. The van der Waals surface area contributed by atoms with Crippen LogP contribution in [-0.4, -0.2) is 46.5 Å². The molecule has 0 aliphatic carbocycles. The van der Waals surface area contributed by atoms with Crippen molar-refractivity contribution in [3.8, 4) is 0 Å². The highest BCUT2D eigenvalue weighted by molar-refractivity contribution is 7.16. The highest BCUT2D eigenvalue weighted by Crippen LogP contribution is 2.25. The largest absolute Gasteiger partial charge is 0.395 e. The normalized spacial score (nSPS) is 11.5. The van der Waals surface area contributed by atoms with Crippen molar-refractivity contribution in [2.24, 2.45) is 0 Å². The molecule has 7 heteroatoms. The third-order valence-corrected chi connectivity index (χ3v) is 4.81. The number of hydrogen-bond acceptors (Lipinski definition) is 6. The lowest BCUT2D eigenvalue weighted by atomic mass is 10.1. The summed E-state index contributed by atoms with van der Waals surface area (Å²) in [4.78, 5) is 11.6. The standard InChI is InChI=1S/C18H18ClN3O2S/c19-17-15-7-12-25-18(15)21-16(20-17)6-3-13-1-4-14(5-2-13)22(8-10-23)9-11-24/h1-7,12,23-24H,8-11H2/b6-3+. The summed E-state index contributed by atoms with van der Waals surface area (Å²) in [6, 6.07) is 9.78. The Kier molecular flexibility index (Phi) is 5.99. The molecular formula is C18H18ClN3O2S. The van der Waals surface area contributed by atoms with Gasteiger partial charge in [0.1, 0.15) is 9.98 Å². The van der Waals surface area contributed by atoms with E-state index >= 15 is 0 Å². The van der Waals surface area contributed by atoms with Gasteiger partial charge in [0, 0.05) is 24.2 Å². The molecule has 0 saturated carbocycles. The first kappa shape index (κ1) is 17.8. The first-order valence-corrected chi connectivity index (χ1v) is 9.12. The summed E-state index contributed by atoms with van der Waals surface area (Å²) in [5.74, 6) is 0.575. The zero-order valence-electron chi connectivity index (χ0n) is 13.5. The monoisotopic (exact) mass is 375 g/mol. The van der Waals surface area contributed by atoms with Crippen molar-refractivity contribution in [2.75, 3.05) is 31.2 Å². The number of halogens is 1. The van der Waals surface area contributed by atoms with Crippen LogP contribution < -0.4 is 4.90 Å². The molecule has 2 aromatic heterocycles. The van der Waals surface area contributed by atoms with Crippen LogP contribution in [0.4, 0.5) is 5.69 Å². The summed E-state index contributed by atoms with van der Waals surface area (Å²) >= 11 is 7.71. The van der Waals surface area contributed by atoms with Gasteiger partial charge < -0.3 is 15.1 Å². The lowest BCUT2D eigenvalue weighted by molar-refractivity contribution is 0.281. The zero-order valence-corrected chi connectivity index (χ0v) is 15.0. The number of hydrogen-bond donors (Lipinski definition) is 2. The quantitative estimate of drug-likeness (QED) is 0.620. The SMILES string of the molecule is OCCN(CCO)c1ccc(/C=C/c2nc(Cl)c3ccsc3n2)cc1. The van der Waals surface area contributed by atoms with Crippen LogP contribution in [0.15, 0.2) is 35.7 Å². The minimum Gasteiger partial charge on any atom is -0.395 e. The third kappa shape index (κ3) is 4.35. The van der Waals surface area contributed by atoms with Crippen molar-refractivity contribution >= 4 is 51.0 Å². The number of thiophene rings is 1. The van der Waals surface area contributed by atoms with Gasteiger partial charge in [0.25, 0.3) is 0 Å². The molecule has 0 saturated heterocycles. The van der Waals surface area contributed by atoms with Gasteiger partial charge in [-0.15, -0.1) is 11.3 Å². The van der Waals surface area contributed by atoms with Crippen LogP contribution in [0.1, 0.15) is 11.4 Å². The molecular weight excluding hydrogens is 358 g/mol. The van der Waals surface area contributed by atoms with Gasteiger partial charge in [-0.2, -0.15) is 0 Å². The molecule has 3 aromatic rings.